The summed E-state index contributed by atoms with van der Waals surface area (Å²) in [5.41, 5.74) is 8.51. The fourth-order valence-corrected chi connectivity index (χ4v) is 2.75. The van der Waals surface area contributed by atoms with E-state index in [-0.39, 0.29) is 5.84 Å². The summed E-state index contributed by atoms with van der Waals surface area (Å²) in [5.74, 6) is 0.00103. The molecule has 0 fully saturated rings. The highest BCUT2D eigenvalue weighted by atomic mass is 32.2. The van der Waals surface area contributed by atoms with Crippen LogP contribution in [0.15, 0.2) is 56.2 Å². The van der Waals surface area contributed by atoms with Gasteiger partial charge in [-0.15, -0.1) is 0 Å². The van der Waals surface area contributed by atoms with Crippen LogP contribution in [-0.2, 0) is 0 Å². The first kappa shape index (κ1) is 13.4. The largest absolute Gasteiger partial charge is 0.431 e. The number of pyridine rings is 1. The molecule has 0 unspecified atom stereocenters. The third kappa shape index (κ3) is 2.68. The van der Waals surface area contributed by atoms with Gasteiger partial charge in [0.15, 0.2) is 11.4 Å². The van der Waals surface area contributed by atoms with Gasteiger partial charge in [-0.05, 0) is 43.0 Å². The van der Waals surface area contributed by atoms with Crippen molar-refractivity contribution in [1.29, 1.82) is 0 Å². The highest BCUT2D eigenvalue weighted by Gasteiger charge is 2.14. The molecule has 3 N–H and O–H groups in total. The summed E-state index contributed by atoms with van der Waals surface area (Å²) in [6.07, 6.45) is 0. The number of benzene rings is 1. The van der Waals surface area contributed by atoms with Crippen LogP contribution in [0.1, 0.15) is 11.3 Å². The maximum atomic E-state index is 8.85. The van der Waals surface area contributed by atoms with E-state index in [0.717, 1.165) is 11.2 Å². The monoisotopic (exact) mass is 300 g/mol. The molecular weight excluding hydrogens is 288 g/mol. The predicted molar refractivity (Wildman–Crippen MR) is 79.6 cm³/mol. The van der Waals surface area contributed by atoms with Gasteiger partial charge in [0.1, 0.15) is 10.5 Å². The summed E-state index contributed by atoms with van der Waals surface area (Å²) in [6, 6.07) is 11.0. The molecule has 0 amide bonds. The van der Waals surface area contributed by atoms with Gasteiger partial charge in [-0.3, -0.25) is 0 Å². The molecule has 21 heavy (non-hydrogen) atoms. The molecular formula is C14H12N4O2S. The zero-order chi connectivity index (χ0) is 14.8. The van der Waals surface area contributed by atoms with Crippen LogP contribution in [0.25, 0.3) is 11.1 Å². The van der Waals surface area contributed by atoms with Crippen molar-refractivity contribution in [3.8, 4) is 0 Å². The molecule has 3 aromatic rings. The van der Waals surface area contributed by atoms with Gasteiger partial charge in [-0.25, -0.2) is 9.97 Å². The Hall–Kier alpha value is -2.54. The van der Waals surface area contributed by atoms with Crippen molar-refractivity contribution in [2.45, 2.75) is 17.2 Å². The molecule has 1 aromatic carbocycles. The average molecular weight is 300 g/mol. The first-order valence-electron chi connectivity index (χ1n) is 6.16. The van der Waals surface area contributed by atoms with Crippen molar-refractivity contribution in [2.75, 3.05) is 0 Å². The molecule has 0 atom stereocenters. The van der Waals surface area contributed by atoms with E-state index >= 15 is 0 Å². The number of para-hydroxylation sites is 2. The number of hydrogen-bond acceptors (Lipinski definition) is 6. The summed E-state index contributed by atoms with van der Waals surface area (Å²) in [4.78, 5) is 8.78. The zero-order valence-corrected chi connectivity index (χ0v) is 12.0. The number of nitrogens with two attached hydrogens (primary N) is 1. The molecule has 0 aliphatic heterocycles. The minimum absolute atomic E-state index is 0.00103. The summed E-state index contributed by atoms with van der Waals surface area (Å²) in [6.45, 7) is 1.87. The molecule has 3 rings (SSSR count). The molecule has 6 nitrogen and oxygen atoms in total. The second-order valence-corrected chi connectivity index (χ2v) is 5.28. The number of nitrogens with zero attached hydrogens (tertiary/aromatic N) is 3. The van der Waals surface area contributed by atoms with Crippen LogP contribution in [0.3, 0.4) is 0 Å². The molecule has 7 heteroatoms. The van der Waals surface area contributed by atoms with Gasteiger partial charge in [0.05, 0.1) is 5.56 Å². The molecule has 0 spiro atoms. The fraction of sp³-hybridized carbons (Fsp3) is 0.0714. The van der Waals surface area contributed by atoms with Gasteiger partial charge >= 0.3 is 0 Å². The highest BCUT2D eigenvalue weighted by Crippen LogP contribution is 2.30. The van der Waals surface area contributed by atoms with Crippen LogP contribution in [0.5, 0.6) is 0 Å². The number of hydrogen-bond donors (Lipinski definition) is 2. The lowest BCUT2D eigenvalue weighted by molar-refractivity contribution is 0.318. The quantitative estimate of drug-likeness (QED) is 0.334. The second kappa shape index (κ2) is 5.45. The highest BCUT2D eigenvalue weighted by molar-refractivity contribution is 7.99. The molecule has 2 aromatic heterocycles. The van der Waals surface area contributed by atoms with E-state index in [0.29, 0.717) is 21.4 Å². The van der Waals surface area contributed by atoms with Gasteiger partial charge in [0.25, 0.3) is 5.22 Å². The van der Waals surface area contributed by atoms with E-state index in [1.807, 2.05) is 31.2 Å². The van der Waals surface area contributed by atoms with Gasteiger partial charge in [-0.1, -0.05) is 17.3 Å². The van der Waals surface area contributed by atoms with Crippen molar-refractivity contribution in [1.82, 2.24) is 9.97 Å². The maximum Gasteiger partial charge on any atom is 0.263 e. The van der Waals surface area contributed by atoms with Crippen molar-refractivity contribution in [3.05, 3.63) is 47.7 Å². The maximum absolute atomic E-state index is 8.85. The van der Waals surface area contributed by atoms with Gasteiger partial charge in [0.2, 0.25) is 0 Å². The van der Waals surface area contributed by atoms with Crippen LogP contribution in [0.2, 0.25) is 0 Å². The SMILES string of the molecule is Cc1ccc(C(N)=NO)c(Sc2nc3ccccc3o2)n1. The molecule has 106 valence electrons. The number of aryl methyl sites for hydroxylation is 1. The van der Waals surface area contributed by atoms with Crippen molar-refractivity contribution >= 4 is 28.7 Å². The molecule has 0 radical (unpaired) electrons. The van der Waals surface area contributed by atoms with Crippen molar-refractivity contribution in [2.24, 2.45) is 10.9 Å². The molecule has 0 saturated heterocycles. The number of oxime groups is 1. The van der Waals surface area contributed by atoms with E-state index in [4.69, 9.17) is 15.4 Å². The standard InChI is InChI=1S/C14H12N4O2S/c1-8-6-7-9(12(15)18-19)13(16-8)21-14-17-10-4-2-3-5-11(10)20-14/h2-7,19H,1H3,(H2,15,18). The van der Waals surface area contributed by atoms with Crippen molar-refractivity contribution < 1.29 is 9.62 Å². The number of fused-ring (bicyclic) bond motifs is 1. The Morgan fingerprint density at radius 1 is 1.24 bits per heavy atom. The first-order chi connectivity index (χ1) is 10.2. The Labute approximate surface area is 124 Å². The lowest BCUT2D eigenvalue weighted by Gasteiger charge is -2.05. The summed E-state index contributed by atoms with van der Waals surface area (Å²) < 4.78 is 5.65. The lowest BCUT2D eigenvalue weighted by Crippen LogP contribution is -2.15. The zero-order valence-electron chi connectivity index (χ0n) is 11.1. The summed E-state index contributed by atoms with van der Waals surface area (Å²) in [5, 5.41) is 12.9. The number of amidine groups is 1. The second-order valence-electron chi connectivity index (χ2n) is 4.34. The lowest BCUT2D eigenvalue weighted by atomic mass is 10.2. The van der Waals surface area contributed by atoms with Gasteiger partial charge < -0.3 is 15.4 Å². The van der Waals surface area contributed by atoms with Crippen LogP contribution in [0.4, 0.5) is 0 Å². The fourth-order valence-electron chi connectivity index (χ4n) is 1.84. The molecule has 0 saturated carbocycles. The van der Waals surface area contributed by atoms with Crippen molar-refractivity contribution in [3.63, 3.8) is 0 Å². The molecule has 0 aliphatic carbocycles. The van der Waals surface area contributed by atoms with Crippen LogP contribution >= 0.6 is 11.8 Å². The summed E-state index contributed by atoms with van der Waals surface area (Å²) >= 11 is 1.24. The van der Waals surface area contributed by atoms with E-state index in [1.54, 1.807) is 12.1 Å². The van der Waals surface area contributed by atoms with Crippen LogP contribution in [-0.4, -0.2) is 21.0 Å². The van der Waals surface area contributed by atoms with E-state index in [2.05, 4.69) is 15.1 Å². The first-order valence-corrected chi connectivity index (χ1v) is 6.98. The molecule has 0 aliphatic rings. The van der Waals surface area contributed by atoms with Gasteiger partial charge in [0, 0.05) is 5.69 Å². The Kier molecular flexibility index (Phi) is 3.49. The summed E-state index contributed by atoms with van der Waals surface area (Å²) in [7, 11) is 0. The Bertz CT molecular complexity index is 796. The van der Waals surface area contributed by atoms with E-state index in [1.165, 1.54) is 11.8 Å². The average Bonchev–Trinajstić information content (AvgIpc) is 2.89. The minimum Gasteiger partial charge on any atom is -0.431 e. The minimum atomic E-state index is 0.00103. The Balaban J connectivity index is 2.02. The predicted octanol–water partition coefficient (Wildman–Crippen LogP) is 2.78. The van der Waals surface area contributed by atoms with Gasteiger partial charge in [-0.2, -0.15) is 0 Å². The normalized spacial score (nSPS) is 12.0. The third-order valence-corrected chi connectivity index (χ3v) is 3.70. The van der Waals surface area contributed by atoms with Crippen LogP contribution in [0, 0.1) is 6.92 Å². The van der Waals surface area contributed by atoms with E-state index in [9.17, 15) is 0 Å². The smallest absolute Gasteiger partial charge is 0.263 e. The Morgan fingerprint density at radius 2 is 2.05 bits per heavy atom. The topological polar surface area (TPSA) is 97.5 Å². The van der Waals surface area contributed by atoms with E-state index < -0.39 is 0 Å². The number of aromatic nitrogens is 2. The number of rotatable bonds is 3. The third-order valence-electron chi connectivity index (χ3n) is 2.84. The molecule has 2 heterocycles. The van der Waals surface area contributed by atoms with Crippen LogP contribution < -0.4 is 5.73 Å². The Morgan fingerprint density at radius 3 is 2.81 bits per heavy atom. The number of oxazole rings is 1. The molecule has 0 bridgehead atoms.